The lowest BCUT2D eigenvalue weighted by Crippen LogP contribution is -1.97. The number of hydrogen-bond donors (Lipinski definition) is 0. The van der Waals surface area contributed by atoms with Crippen molar-refractivity contribution in [3.8, 4) is 5.82 Å². The molecular formula is C11H13N3OS. The highest BCUT2D eigenvalue weighted by Crippen LogP contribution is 2.17. The number of carbonyl (C=O) groups excluding carboxylic acids is 1. The summed E-state index contributed by atoms with van der Waals surface area (Å²) in [5, 5.41) is 6.60. The van der Waals surface area contributed by atoms with Gasteiger partial charge in [-0.15, -0.1) is 11.3 Å². The van der Waals surface area contributed by atoms with Crippen molar-refractivity contribution in [2.24, 2.45) is 0 Å². The van der Waals surface area contributed by atoms with Crippen molar-refractivity contribution in [2.75, 3.05) is 0 Å². The van der Waals surface area contributed by atoms with E-state index in [1.165, 1.54) is 18.3 Å². The lowest BCUT2D eigenvalue weighted by molar-refractivity contribution is 0.101. The summed E-state index contributed by atoms with van der Waals surface area (Å²) in [6.45, 7) is 5.75. The molecule has 0 radical (unpaired) electrons. The summed E-state index contributed by atoms with van der Waals surface area (Å²) in [5.74, 6) is 1.15. The fraction of sp³-hybridized carbons (Fsp3) is 0.364. The summed E-state index contributed by atoms with van der Waals surface area (Å²) < 4.78 is 1.71. The first kappa shape index (κ1) is 11.0. The number of thiazole rings is 1. The summed E-state index contributed by atoms with van der Waals surface area (Å²) in [7, 11) is 0. The molecule has 0 aliphatic rings. The maximum atomic E-state index is 11.1. The van der Waals surface area contributed by atoms with Crippen molar-refractivity contribution in [3.63, 3.8) is 0 Å². The van der Waals surface area contributed by atoms with E-state index in [9.17, 15) is 4.79 Å². The minimum absolute atomic E-state index is 0.00695. The molecule has 0 aromatic carbocycles. The largest absolute Gasteiger partial charge is 0.292 e. The van der Waals surface area contributed by atoms with E-state index < -0.39 is 0 Å². The number of hydrogen-bond acceptors (Lipinski definition) is 4. The summed E-state index contributed by atoms with van der Waals surface area (Å²) in [6, 6.07) is 0. The zero-order valence-electron chi connectivity index (χ0n) is 9.47. The first-order chi connectivity index (χ1) is 7.58. The van der Waals surface area contributed by atoms with Gasteiger partial charge in [0, 0.05) is 18.5 Å². The molecule has 0 atom stereocenters. The Balaban J connectivity index is 2.31. The maximum absolute atomic E-state index is 11.1. The predicted octanol–water partition coefficient (Wildman–Crippen LogP) is 2.65. The monoisotopic (exact) mass is 235 g/mol. The van der Waals surface area contributed by atoms with E-state index in [0.29, 0.717) is 16.7 Å². The van der Waals surface area contributed by atoms with Gasteiger partial charge in [0.15, 0.2) is 16.6 Å². The Bertz CT molecular complexity index is 513. The number of carbonyl (C=O) groups is 1. The highest BCUT2D eigenvalue weighted by molar-refractivity contribution is 7.11. The van der Waals surface area contributed by atoms with Crippen LogP contribution in [0.25, 0.3) is 5.82 Å². The Labute approximate surface area is 97.9 Å². The summed E-state index contributed by atoms with van der Waals surface area (Å²) in [5.41, 5.74) is 1.16. The van der Waals surface area contributed by atoms with Gasteiger partial charge >= 0.3 is 0 Å². The highest BCUT2D eigenvalue weighted by Gasteiger charge is 2.09. The smallest absolute Gasteiger partial charge is 0.188 e. The van der Waals surface area contributed by atoms with Gasteiger partial charge in [0.1, 0.15) is 0 Å². The van der Waals surface area contributed by atoms with Crippen LogP contribution in [0.3, 0.4) is 0 Å². The second kappa shape index (κ2) is 4.17. The molecule has 2 heterocycles. The fourth-order valence-corrected chi connectivity index (χ4v) is 1.98. The molecule has 5 heteroatoms. The van der Waals surface area contributed by atoms with Crippen molar-refractivity contribution in [1.82, 2.24) is 14.8 Å². The van der Waals surface area contributed by atoms with Crippen LogP contribution in [0, 0.1) is 0 Å². The molecule has 0 saturated heterocycles. The average Bonchev–Trinajstić information content (AvgIpc) is 2.86. The molecule has 0 N–H and O–H groups in total. The third-order valence-corrected chi connectivity index (χ3v) is 3.23. The van der Waals surface area contributed by atoms with Gasteiger partial charge in [0.2, 0.25) is 0 Å². The molecule has 0 saturated carbocycles. The van der Waals surface area contributed by atoms with Crippen molar-refractivity contribution in [3.05, 3.63) is 28.3 Å². The number of ketones is 1. The van der Waals surface area contributed by atoms with Crippen LogP contribution < -0.4 is 0 Å². The van der Waals surface area contributed by atoms with Crippen LogP contribution in [0.4, 0.5) is 0 Å². The second-order valence-electron chi connectivity index (χ2n) is 3.94. The maximum Gasteiger partial charge on any atom is 0.188 e. The predicted molar refractivity (Wildman–Crippen MR) is 63.3 cm³/mol. The minimum Gasteiger partial charge on any atom is -0.292 e. The molecule has 0 aliphatic heterocycles. The van der Waals surface area contributed by atoms with Crippen molar-refractivity contribution in [1.29, 1.82) is 0 Å². The van der Waals surface area contributed by atoms with Crippen LogP contribution in [0.2, 0.25) is 0 Å². The van der Waals surface area contributed by atoms with Crippen LogP contribution in [-0.2, 0) is 0 Å². The standard InChI is InChI=1S/C11H13N3OS/c1-7(2)9-4-12-14(5-9)10-6-16-11(13-10)8(3)15/h4-7H,1-3H3. The van der Waals surface area contributed by atoms with Crippen LogP contribution in [0.5, 0.6) is 0 Å². The molecule has 4 nitrogen and oxygen atoms in total. The third kappa shape index (κ3) is 2.04. The van der Waals surface area contributed by atoms with E-state index in [-0.39, 0.29) is 5.78 Å². The zero-order chi connectivity index (χ0) is 11.7. The fourth-order valence-electron chi connectivity index (χ4n) is 1.29. The van der Waals surface area contributed by atoms with E-state index in [1.54, 1.807) is 4.68 Å². The lowest BCUT2D eigenvalue weighted by Gasteiger charge is -1.97. The minimum atomic E-state index is -0.00695. The third-order valence-electron chi connectivity index (χ3n) is 2.30. The molecular weight excluding hydrogens is 222 g/mol. The summed E-state index contributed by atoms with van der Waals surface area (Å²) >= 11 is 1.35. The van der Waals surface area contributed by atoms with E-state index in [0.717, 1.165) is 5.56 Å². The Morgan fingerprint density at radius 2 is 2.25 bits per heavy atom. The SMILES string of the molecule is CC(=O)c1nc(-n2cc(C(C)C)cn2)cs1. The molecule has 0 unspecified atom stereocenters. The molecule has 0 amide bonds. The van der Waals surface area contributed by atoms with Gasteiger partial charge in [-0.3, -0.25) is 4.79 Å². The molecule has 0 spiro atoms. The summed E-state index contributed by atoms with van der Waals surface area (Å²) in [6.07, 6.45) is 3.78. The number of Topliss-reactive ketones (excluding diaryl/α,β-unsaturated/α-hetero) is 1. The molecule has 2 rings (SSSR count). The number of rotatable bonds is 3. The molecule has 0 bridgehead atoms. The zero-order valence-corrected chi connectivity index (χ0v) is 10.3. The van der Waals surface area contributed by atoms with Gasteiger partial charge in [-0.2, -0.15) is 5.10 Å². The Morgan fingerprint density at radius 1 is 1.50 bits per heavy atom. The van der Waals surface area contributed by atoms with Crippen LogP contribution in [0.1, 0.15) is 42.1 Å². The van der Waals surface area contributed by atoms with Gasteiger partial charge in [-0.1, -0.05) is 13.8 Å². The first-order valence-electron chi connectivity index (χ1n) is 5.09. The first-order valence-corrected chi connectivity index (χ1v) is 5.97. The average molecular weight is 235 g/mol. The highest BCUT2D eigenvalue weighted by atomic mass is 32.1. The van der Waals surface area contributed by atoms with Crippen LogP contribution >= 0.6 is 11.3 Å². The van der Waals surface area contributed by atoms with Crippen LogP contribution in [0.15, 0.2) is 17.8 Å². The van der Waals surface area contributed by atoms with Crippen molar-refractivity contribution >= 4 is 17.1 Å². The lowest BCUT2D eigenvalue weighted by atomic mass is 10.1. The Kier molecular flexibility index (Phi) is 2.87. The van der Waals surface area contributed by atoms with Gasteiger partial charge in [0.05, 0.1) is 6.20 Å². The number of nitrogens with zero attached hydrogens (tertiary/aromatic N) is 3. The molecule has 84 valence electrons. The molecule has 0 aliphatic carbocycles. The van der Waals surface area contributed by atoms with Crippen molar-refractivity contribution in [2.45, 2.75) is 26.7 Å². The van der Waals surface area contributed by atoms with Gasteiger partial charge < -0.3 is 0 Å². The summed E-state index contributed by atoms with van der Waals surface area (Å²) in [4.78, 5) is 15.3. The molecule has 0 fully saturated rings. The Hall–Kier alpha value is -1.49. The van der Waals surface area contributed by atoms with Crippen LogP contribution in [-0.4, -0.2) is 20.5 Å². The topological polar surface area (TPSA) is 47.8 Å². The van der Waals surface area contributed by atoms with E-state index in [1.807, 2.05) is 17.8 Å². The van der Waals surface area contributed by atoms with Gasteiger partial charge in [-0.25, -0.2) is 9.67 Å². The molecule has 2 aromatic rings. The second-order valence-corrected chi connectivity index (χ2v) is 4.80. The van der Waals surface area contributed by atoms with E-state index >= 15 is 0 Å². The van der Waals surface area contributed by atoms with E-state index in [4.69, 9.17) is 0 Å². The molecule has 16 heavy (non-hydrogen) atoms. The van der Waals surface area contributed by atoms with Gasteiger partial charge in [-0.05, 0) is 11.5 Å². The Morgan fingerprint density at radius 3 is 2.75 bits per heavy atom. The molecule has 2 aromatic heterocycles. The van der Waals surface area contributed by atoms with Gasteiger partial charge in [0.25, 0.3) is 0 Å². The van der Waals surface area contributed by atoms with Crippen molar-refractivity contribution < 1.29 is 4.79 Å². The quantitative estimate of drug-likeness (QED) is 0.768. The van der Waals surface area contributed by atoms with E-state index in [2.05, 4.69) is 23.9 Å². The number of aromatic nitrogens is 3. The normalized spacial score (nSPS) is 11.0.